The third-order valence-corrected chi connectivity index (χ3v) is 4.16. The predicted molar refractivity (Wildman–Crippen MR) is 90.6 cm³/mol. The molecule has 22 heavy (non-hydrogen) atoms. The van der Waals surface area contributed by atoms with E-state index in [2.05, 4.69) is 46.7 Å². The lowest BCUT2D eigenvalue weighted by Gasteiger charge is -2.30. The fourth-order valence-electron chi connectivity index (χ4n) is 2.93. The Kier molecular flexibility index (Phi) is 6.72. The van der Waals surface area contributed by atoms with Gasteiger partial charge in [0.25, 0.3) is 0 Å². The van der Waals surface area contributed by atoms with E-state index in [1.165, 1.54) is 31.5 Å². The van der Waals surface area contributed by atoms with Crippen LogP contribution in [0.5, 0.6) is 0 Å². The molecule has 1 fully saturated rings. The van der Waals surface area contributed by atoms with E-state index in [1.54, 1.807) is 0 Å². The Hall–Kier alpha value is -1.55. The Labute approximate surface area is 134 Å². The monoisotopic (exact) mass is 303 g/mol. The molecule has 1 heterocycles. The van der Waals surface area contributed by atoms with E-state index in [9.17, 15) is 4.79 Å². The second kappa shape index (κ2) is 8.79. The summed E-state index contributed by atoms with van der Waals surface area (Å²) in [5.74, 6) is 0.818. The van der Waals surface area contributed by atoms with Crippen LogP contribution in [0.25, 0.3) is 0 Å². The van der Waals surface area contributed by atoms with Crippen molar-refractivity contribution in [2.24, 2.45) is 5.92 Å². The van der Waals surface area contributed by atoms with Crippen molar-refractivity contribution < 1.29 is 4.79 Å². The van der Waals surface area contributed by atoms with Crippen molar-refractivity contribution in [1.82, 2.24) is 15.5 Å². The van der Waals surface area contributed by atoms with Gasteiger partial charge in [-0.25, -0.2) is 4.79 Å². The summed E-state index contributed by atoms with van der Waals surface area (Å²) in [6.07, 6.45) is 3.63. The zero-order valence-electron chi connectivity index (χ0n) is 13.9. The Morgan fingerprint density at radius 1 is 1.23 bits per heavy atom. The fraction of sp³-hybridized carbons (Fsp3) is 0.611. The van der Waals surface area contributed by atoms with Crippen molar-refractivity contribution >= 4 is 6.03 Å². The van der Waals surface area contributed by atoms with Crippen LogP contribution in [-0.2, 0) is 13.1 Å². The number of urea groups is 1. The highest BCUT2D eigenvalue weighted by Gasteiger charge is 2.15. The third-order valence-electron chi connectivity index (χ3n) is 4.16. The molecule has 1 aromatic carbocycles. The van der Waals surface area contributed by atoms with Crippen LogP contribution in [0.3, 0.4) is 0 Å². The van der Waals surface area contributed by atoms with Gasteiger partial charge in [0.1, 0.15) is 0 Å². The van der Waals surface area contributed by atoms with Gasteiger partial charge in [0, 0.05) is 26.2 Å². The number of piperidine rings is 1. The lowest BCUT2D eigenvalue weighted by Crippen LogP contribution is -2.35. The van der Waals surface area contributed by atoms with E-state index in [-0.39, 0.29) is 6.03 Å². The smallest absolute Gasteiger partial charge is 0.315 e. The van der Waals surface area contributed by atoms with Gasteiger partial charge in [0.2, 0.25) is 0 Å². The summed E-state index contributed by atoms with van der Waals surface area (Å²) in [6, 6.07) is 8.50. The summed E-state index contributed by atoms with van der Waals surface area (Å²) < 4.78 is 0. The molecule has 4 heteroatoms. The van der Waals surface area contributed by atoms with Crippen LogP contribution in [0.2, 0.25) is 0 Å². The Balaban J connectivity index is 1.76. The molecule has 4 nitrogen and oxygen atoms in total. The second-order valence-corrected chi connectivity index (χ2v) is 6.41. The number of carbonyl (C=O) groups is 1. The van der Waals surface area contributed by atoms with E-state index < -0.39 is 0 Å². The maximum atomic E-state index is 11.5. The number of amides is 2. The van der Waals surface area contributed by atoms with Crippen LogP contribution in [0.1, 0.15) is 44.2 Å². The molecule has 0 bridgehead atoms. The summed E-state index contributed by atoms with van der Waals surface area (Å²) in [5.41, 5.74) is 2.50. The first kappa shape index (κ1) is 16.8. The first-order chi connectivity index (χ1) is 10.7. The predicted octanol–water partition coefficient (Wildman–Crippen LogP) is 3.13. The van der Waals surface area contributed by atoms with Gasteiger partial charge in [-0.3, -0.25) is 4.90 Å². The van der Waals surface area contributed by atoms with E-state index in [0.29, 0.717) is 6.54 Å². The summed E-state index contributed by atoms with van der Waals surface area (Å²) in [6.45, 7) is 9.14. The zero-order valence-corrected chi connectivity index (χ0v) is 13.9. The number of hydrogen-bond donors (Lipinski definition) is 2. The zero-order chi connectivity index (χ0) is 15.8. The number of hydrogen-bond acceptors (Lipinski definition) is 2. The standard InChI is InChI=1S/C18H29N3O/c1-3-10-19-18(22)20-12-16-6-8-17(9-7-16)14-21-11-4-5-15(2)13-21/h6-9,15H,3-5,10-14H2,1-2H3,(H2,19,20,22)/t15-/m0/s1. The third kappa shape index (κ3) is 5.68. The van der Waals surface area contributed by atoms with E-state index in [1.807, 2.05) is 6.92 Å². The summed E-state index contributed by atoms with van der Waals surface area (Å²) in [5, 5.41) is 5.70. The maximum absolute atomic E-state index is 11.5. The molecule has 0 radical (unpaired) electrons. The van der Waals surface area contributed by atoms with Gasteiger partial charge in [-0.05, 0) is 42.9 Å². The lowest BCUT2D eigenvalue weighted by molar-refractivity contribution is 0.176. The second-order valence-electron chi connectivity index (χ2n) is 6.41. The topological polar surface area (TPSA) is 44.4 Å². The van der Waals surface area contributed by atoms with E-state index in [4.69, 9.17) is 0 Å². The molecular formula is C18H29N3O. The van der Waals surface area contributed by atoms with Crippen LogP contribution >= 0.6 is 0 Å². The van der Waals surface area contributed by atoms with Crippen molar-refractivity contribution in [3.8, 4) is 0 Å². The molecule has 2 rings (SSSR count). The fourth-order valence-corrected chi connectivity index (χ4v) is 2.93. The van der Waals surface area contributed by atoms with Gasteiger partial charge < -0.3 is 10.6 Å². The highest BCUT2D eigenvalue weighted by atomic mass is 16.2. The molecule has 1 aliphatic heterocycles. The Morgan fingerprint density at radius 2 is 1.95 bits per heavy atom. The molecule has 122 valence electrons. The molecule has 0 spiro atoms. The normalized spacial score (nSPS) is 18.9. The highest BCUT2D eigenvalue weighted by Crippen LogP contribution is 2.18. The molecule has 1 saturated heterocycles. The highest BCUT2D eigenvalue weighted by molar-refractivity contribution is 5.73. The van der Waals surface area contributed by atoms with Crippen molar-refractivity contribution in [3.63, 3.8) is 0 Å². The van der Waals surface area contributed by atoms with Crippen molar-refractivity contribution in [2.45, 2.75) is 46.2 Å². The molecule has 0 unspecified atom stereocenters. The van der Waals surface area contributed by atoms with Crippen LogP contribution in [0.4, 0.5) is 4.79 Å². The van der Waals surface area contributed by atoms with Gasteiger partial charge in [0.05, 0.1) is 0 Å². The van der Waals surface area contributed by atoms with Crippen molar-refractivity contribution in [2.75, 3.05) is 19.6 Å². The Bertz CT molecular complexity index is 458. The SMILES string of the molecule is CCCNC(=O)NCc1ccc(CN2CCC[C@H](C)C2)cc1. The number of nitrogens with zero attached hydrogens (tertiary/aromatic N) is 1. The molecule has 0 saturated carbocycles. The van der Waals surface area contributed by atoms with E-state index in [0.717, 1.165) is 31.0 Å². The van der Waals surface area contributed by atoms with Crippen LogP contribution in [0.15, 0.2) is 24.3 Å². The van der Waals surface area contributed by atoms with Gasteiger partial charge in [-0.2, -0.15) is 0 Å². The van der Waals surface area contributed by atoms with Crippen LogP contribution in [0, 0.1) is 5.92 Å². The first-order valence-electron chi connectivity index (χ1n) is 8.49. The van der Waals surface area contributed by atoms with Crippen LogP contribution in [-0.4, -0.2) is 30.6 Å². The van der Waals surface area contributed by atoms with E-state index >= 15 is 0 Å². The number of likely N-dealkylation sites (tertiary alicyclic amines) is 1. The first-order valence-corrected chi connectivity index (χ1v) is 8.49. The van der Waals surface area contributed by atoms with Gasteiger partial charge in [-0.15, -0.1) is 0 Å². The number of rotatable bonds is 6. The molecule has 1 aromatic rings. The largest absolute Gasteiger partial charge is 0.338 e. The van der Waals surface area contributed by atoms with Gasteiger partial charge >= 0.3 is 6.03 Å². The minimum Gasteiger partial charge on any atom is -0.338 e. The molecule has 0 aliphatic carbocycles. The molecule has 0 aromatic heterocycles. The summed E-state index contributed by atoms with van der Waals surface area (Å²) >= 11 is 0. The number of nitrogens with one attached hydrogen (secondary N) is 2. The summed E-state index contributed by atoms with van der Waals surface area (Å²) in [4.78, 5) is 14.0. The van der Waals surface area contributed by atoms with Crippen LogP contribution < -0.4 is 10.6 Å². The lowest BCUT2D eigenvalue weighted by atomic mass is 9.99. The average molecular weight is 303 g/mol. The van der Waals surface area contributed by atoms with Crippen molar-refractivity contribution in [1.29, 1.82) is 0 Å². The molecule has 1 atom stereocenters. The molecule has 2 N–H and O–H groups in total. The quantitative estimate of drug-likeness (QED) is 0.848. The minimum absolute atomic E-state index is 0.0896. The molecular weight excluding hydrogens is 274 g/mol. The maximum Gasteiger partial charge on any atom is 0.315 e. The van der Waals surface area contributed by atoms with Crippen molar-refractivity contribution in [3.05, 3.63) is 35.4 Å². The number of benzene rings is 1. The average Bonchev–Trinajstić information content (AvgIpc) is 2.52. The minimum atomic E-state index is -0.0896. The molecule has 1 aliphatic rings. The van der Waals surface area contributed by atoms with Gasteiger partial charge in [0.15, 0.2) is 0 Å². The number of carbonyl (C=O) groups excluding carboxylic acids is 1. The summed E-state index contributed by atoms with van der Waals surface area (Å²) in [7, 11) is 0. The van der Waals surface area contributed by atoms with Gasteiger partial charge in [-0.1, -0.05) is 38.1 Å². The Morgan fingerprint density at radius 3 is 2.64 bits per heavy atom. The molecule has 2 amide bonds.